The zero-order valence-corrected chi connectivity index (χ0v) is 17.2. The van der Waals surface area contributed by atoms with Gasteiger partial charge in [0, 0.05) is 42.6 Å². The summed E-state index contributed by atoms with van der Waals surface area (Å²) in [7, 11) is 0. The number of phenolic OH excluding ortho intramolecular Hbond substituents is 1. The highest BCUT2D eigenvalue weighted by atomic mass is 16.5. The van der Waals surface area contributed by atoms with E-state index in [1.807, 2.05) is 17.9 Å². The zero-order valence-electron chi connectivity index (χ0n) is 17.2. The van der Waals surface area contributed by atoms with Crippen molar-refractivity contribution in [1.29, 1.82) is 0 Å². The number of hydrogen-bond acceptors (Lipinski definition) is 7. The number of nitrogens with zero attached hydrogens (tertiary/aromatic N) is 4. The van der Waals surface area contributed by atoms with Crippen molar-refractivity contribution in [2.45, 2.75) is 51.5 Å². The minimum atomic E-state index is 0.0930. The lowest BCUT2D eigenvalue weighted by Gasteiger charge is -2.37. The molecule has 1 saturated heterocycles. The van der Waals surface area contributed by atoms with Crippen LogP contribution in [0.5, 0.6) is 11.5 Å². The van der Waals surface area contributed by atoms with E-state index in [4.69, 9.17) is 4.74 Å². The summed E-state index contributed by atoms with van der Waals surface area (Å²) in [5, 5.41) is 22.6. The van der Waals surface area contributed by atoms with Crippen LogP contribution in [-0.4, -0.2) is 56.8 Å². The standard InChI is InChI=1S/C22H27N5O3/c1-13-19(17-6-7-18-16(20(17)28)8-11-30-18)25-26-22(23-13)24-15-5-2-4-14(12-15)21(29)27-9-3-10-27/h6-7,14-15,28H,2-5,8-12H2,1H3,(H,23,24,26)/t14-,15+/m0/s1. The van der Waals surface area contributed by atoms with Crippen molar-refractivity contribution in [2.75, 3.05) is 25.0 Å². The van der Waals surface area contributed by atoms with Crippen molar-refractivity contribution < 1.29 is 14.6 Å². The number of rotatable bonds is 4. The van der Waals surface area contributed by atoms with Crippen molar-refractivity contribution in [3.05, 3.63) is 23.4 Å². The average Bonchev–Trinajstić information content (AvgIpc) is 3.18. The quantitative estimate of drug-likeness (QED) is 0.801. The van der Waals surface area contributed by atoms with Gasteiger partial charge in [-0.15, -0.1) is 10.2 Å². The highest BCUT2D eigenvalue weighted by Crippen LogP contribution is 2.40. The molecule has 1 aliphatic carbocycles. The largest absolute Gasteiger partial charge is 0.507 e. The molecule has 0 radical (unpaired) electrons. The van der Waals surface area contributed by atoms with Gasteiger partial charge in [0.1, 0.15) is 17.2 Å². The number of likely N-dealkylation sites (tertiary alicyclic amines) is 1. The van der Waals surface area contributed by atoms with Crippen LogP contribution in [0.2, 0.25) is 0 Å². The molecule has 2 fully saturated rings. The van der Waals surface area contributed by atoms with Gasteiger partial charge >= 0.3 is 0 Å². The minimum Gasteiger partial charge on any atom is -0.507 e. The molecule has 8 nitrogen and oxygen atoms in total. The molecule has 158 valence electrons. The maximum atomic E-state index is 12.6. The maximum absolute atomic E-state index is 12.6. The number of carbonyl (C=O) groups excluding carboxylic acids is 1. The average molecular weight is 409 g/mol. The van der Waals surface area contributed by atoms with E-state index in [1.165, 1.54) is 0 Å². The number of amides is 1. The summed E-state index contributed by atoms with van der Waals surface area (Å²) in [6, 6.07) is 3.84. The third-order valence-electron chi connectivity index (χ3n) is 6.49. The second-order valence-electron chi connectivity index (χ2n) is 8.49. The molecule has 2 aromatic rings. The molecular weight excluding hydrogens is 382 g/mol. The van der Waals surface area contributed by atoms with Gasteiger partial charge in [-0.25, -0.2) is 4.98 Å². The number of ether oxygens (including phenoxy) is 1. The summed E-state index contributed by atoms with van der Waals surface area (Å²) in [5.74, 6) is 1.80. The number of aromatic nitrogens is 3. The molecule has 1 saturated carbocycles. The number of phenols is 1. The van der Waals surface area contributed by atoms with Crippen LogP contribution < -0.4 is 10.1 Å². The van der Waals surface area contributed by atoms with E-state index in [-0.39, 0.29) is 17.7 Å². The number of nitrogens with one attached hydrogen (secondary N) is 1. The topological polar surface area (TPSA) is 100 Å². The Balaban J connectivity index is 1.30. The first-order valence-corrected chi connectivity index (χ1v) is 10.8. The molecule has 0 spiro atoms. The van der Waals surface area contributed by atoms with Crippen molar-refractivity contribution in [2.24, 2.45) is 5.92 Å². The molecular formula is C22H27N5O3. The lowest BCUT2D eigenvalue weighted by atomic mass is 9.84. The lowest BCUT2D eigenvalue weighted by Crippen LogP contribution is -2.47. The lowest BCUT2D eigenvalue weighted by molar-refractivity contribution is -0.140. The van der Waals surface area contributed by atoms with Gasteiger partial charge in [-0.1, -0.05) is 6.42 Å². The van der Waals surface area contributed by atoms with Crippen LogP contribution in [0.15, 0.2) is 12.1 Å². The van der Waals surface area contributed by atoms with Gasteiger partial charge in [0.25, 0.3) is 0 Å². The Hall–Kier alpha value is -2.90. The number of hydrogen-bond donors (Lipinski definition) is 2. The molecule has 5 rings (SSSR count). The van der Waals surface area contributed by atoms with Gasteiger partial charge in [-0.2, -0.15) is 0 Å². The van der Waals surface area contributed by atoms with Gasteiger partial charge < -0.3 is 20.1 Å². The Labute approximate surface area is 175 Å². The molecule has 1 amide bonds. The third kappa shape index (κ3) is 3.44. The van der Waals surface area contributed by atoms with Crippen LogP contribution in [-0.2, 0) is 11.2 Å². The Morgan fingerprint density at radius 1 is 1.23 bits per heavy atom. The second kappa shape index (κ2) is 7.74. The highest BCUT2D eigenvalue weighted by molar-refractivity contribution is 5.79. The predicted molar refractivity (Wildman–Crippen MR) is 111 cm³/mol. The number of anilines is 1. The van der Waals surface area contributed by atoms with E-state index in [9.17, 15) is 9.90 Å². The van der Waals surface area contributed by atoms with Crippen LogP contribution >= 0.6 is 0 Å². The van der Waals surface area contributed by atoms with E-state index >= 15 is 0 Å². The number of fused-ring (bicyclic) bond motifs is 1. The molecule has 0 bridgehead atoms. The smallest absolute Gasteiger partial charge is 0.243 e. The summed E-state index contributed by atoms with van der Waals surface area (Å²) >= 11 is 0. The molecule has 3 aliphatic rings. The summed E-state index contributed by atoms with van der Waals surface area (Å²) < 4.78 is 5.51. The summed E-state index contributed by atoms with van der Waals surface area (Å²) in [6.45, 7) is 4.27. The number of carbonyl (C=O) groups is 1. The molecule has 1 aromatic heterocycles. The van der Waals surface area contributed by atoms with E-state index in [0.29, 0.717) is 41.8 Å². The SMILES string of the molecule is Cc1nc(N[C@@H]2CCC[C@H](C(=O)N3CCC3)C2)nnc1-c1ccc2c(c1O)CCO2. The van der Waals surface area contributed by atoms with Crippen LogP contribution in [0.1, 0.15) is 43.4 Å². The Kier molecular flexibility index (Phi) is 4.92. The molecule has 2 N–H and O–H groups in total. The van der Waals surface area contributed by atoms with Gasteiger partial charge in [0.05, 0.1) is 12.3 Å². The predicted octanol–water partition coefficient (Wildman–Crippen LogP) is 2.69. The molecule has 3 heterocycles. The van der Waals surface area contributed by atoms with Crippen molar-refractivity contribution in [3.63, 3.8) is 0 Å². The second-order valence-corrected chi connectivity index (χ2v) is 8.49. The maximum Gasteiger partial charge on any atom is 0.243 e. The van der Waals surface area contributed by atoms with E-state index in [0.717, 1.165) is 56.5 Å². The first-order chi connectivity index (χ1) is 14.6. The fraction of sp³-hybridized carbons (Fsp3) is 0.545. The highest BCUT2D eigenvalue weighted by Gasteiger charge is 2.32. The van der Waals surface area contributed by atoms with E-state index < -0.39 is 0 Å². The van der Waals surface area contributed by atoms with Crippen LogP contribution in [0, 0.1) is 12.8 Å². The molecule has 0 unspecified atom stereocenters. The van der Waals surface area contributed by atoms with E-state index in [2.05, 4.69) is 20.5 Å². The first-order valence-electron chi connectivity index (χ1n) is 10.8. The van der Waals surface area contributed by atoms with Crippen molar-refractivity contribution in [3.8, 4) is 22.8 Å². The number of benzene rings is 1. The zero-order chi connectivity index (χ0) is 20.7. The van der Waals surface area contributed by atoms with E-state index in [1.54, 1.807) is 6.07 Å². The van der Waals surface area contributed by atoms with Gasteiger partial charge in [0.2, 0.25) is 11.9 Å². The third-order valence-corrected chi connectivity index (χ3v) is 6.49. The molecule has 30 heavy (non-hydrogen) atoms. The fourth-order valence-electron chi connectivity index (χ4n) is 4.69. The van der Waals surface area contributed by atoms with Gasteiger partial charge in [-0.05, 0) is 44.7 Å². The summed E-state index contributed by atoms with van der Waals surface area (Å²) in [6.07, 6.45) is 5.61. The molecule has 2 atom stereocenters. The summed E-state index contributed by atoms with van der Waals surface area (Å²) in [5.41, 5.74) is 2.71. The number of aryl methyl sites for hydroxylation is 1. The normalized spacial score (nSPS) is 22.8. The Bertz CT molecular complexity index is 975. The molecule has 8 heteroatoms. The van der Waals surface area contributed by atoms with Crippen LogP contribution in [0.3, 0.4) is 0 Å². The molecule has 1 aromatic carbocycles. The minimum absolute atomic E-state index is 0.0930. The fourth-order valence-corrected chi connectivity index (χ4v) is 4.69. The monoisotopic (exact) mass is 409 g/mol. The molecule has 2 aliphatic heterocycles. The van der Waals surface area contributed by atoms with Crippen molar-refractivity contribution in [1.82, 2.24) is 20.1 Å². The van der Waals surface area contributed by atoms with Gasteiger partial charge in [-0.3, -0.25) is 4.79 Å². The Morgan fingerprint density at radius 3 is 2.87 bits per heavy atom. The first kappa shape index (κ1) is 19.1. The Morgan fingerprint density at radius 2 is 2.10 bits per heavy atom. The van der Waals surface area contributed by atoms with Gasteiger partial charge in [0.15, 0.2) is 0 Å². The van der Waals surface area contributed by atoms with Crippen LogP contribution in [0.4, 0.5) is 5.95 Å². The number of aromatic hydroxyl groups is 1. The summed E-state index contributed by atoms with van der Waals surface area (Å²) in [4.78, 5) is 19.1. The van der Waals surface area contributed by atoms with Crippen LogP contribution in [0.25, 0.3) is 11.3 Å². The van der Waals surface area contributed by atoms with Crippen molar-refractivity contribution >= 4 is 11.9 Å².